The lowest BCUT2D eigenvalue weighted by atomic mass is 9.94. The zero-order chi connectivity index (χ0) is 14.3. The Morgan fingerprint density at radius 2 is 2.25 bits per heavy atom. The Balaban J connectivity index is 2.09. The van der Waals surface area contributed by atoms with E-state index in [1.807, 2.05) is 6.92 Å². The van der Waals surface area contributed by atoms with Crippen LogP contribution in [-0.2, 0) is 4.74 Å². The molecular weight excluding hydrogens is 278 g/mol. The van der Waals surface area contributed by atoms with Gasteiger partial charge in [-0.25, -0.2) is 0 Å². The van der Waals surface area contributed by atoms with Crippen molar-refractivity contribution in [1.29, 1.82) is 0 Å². The van der Waals surface area contributed by atoms with Gasteiger partial charge in [0.2, 0.25) is 0 Å². The van der Waals surface area contributed by atoms with E-state index >= 15 is 0 Å². The van der Waals surface area contributed by atoms with E-state index in [1.54, 1.807) is 11.6 Å². The van der Waals surface area contributed by atoms with Crippen molar-refractivity contribution < 1.29 is 4.74 Å². The Morgan fingerprint density at radius 1 is 1.45 bits per heavy atom. The van der Waals surface area contributed by atoms with E-state index in [2.05, 4.69) is 26.9 Å². The molecule has 0 radical (unpaired) electrons. The third-order valence-electron chi connectivity index (χ3n) is 4.02. The van der Waals surface area contributed by atoms with Crippen LogP contribution in [0.15, 0.2) is 6.33 Å². The predicted molar refractivity (Wildman–Crippen MR) is 77.4 cm³/mol. The number of halogens is 1. The van der Waals surface area contributed by atoms with Gasteiger partial charge in [0.25, 0.3) is 5.78 Å². The zero-order valence-corrected chi connectivity index (χ0v) is 12.7. The van der Waals surface area contributed by atoms with E-state index in [9.17, 15) is 0 Å². The molecule has 6 nitrogen and oxygen atoms in total. The van der Waals surface area contributed by atoms with Crippen LogP contribution in [0.5, 0.6) is 0 Å². The van der Waals surface area contributed by atoms with Gasteiger partial charge in [-0.2, -0.15) is 19.6 Å². The average Bonchev–Trinajstić information content (AvgIpc) is 2.87. The average molecular weight is 296 g/mol. The molecule has 3 rings (SSSR count). The summed E-state index contributed by atoms with van der Waals surface area (Å²) < 4.78 is 7.41. The van der Waals surface area contributed by atoms with Crippen LogP contribution in [-0.4, -0.2) is 45.4 Å². The van der Waals surface area contributed by atoms with Crippen LogP contribution in [0.4, 0.5) is 5.82 Å². The first kappa shape index (κ1) is 13.6. The van der Waals surface area contributed by atoms with Crippen molar-refractivity contribution in [3.63, 3.8) is 0 Å². The molecule has 7 heteroatoms. The highest BCUT2D eigenvalue weighted by Crippen LogP contribution is 2.31. The standard InChI is InChI=1S/C13H18ClN5O/c1-9-10(14)17-12-15-8-16-19(12)11(9)18-6-4-5-13(2,7-18)20-3/h8H,4-7H2,1-3H3. The fourth-order valence-corrected chi connectivity index (χ4v) is 2.97. The summed E-state index contributed by atoms with van der Waals surface area (Å²) in [6.45, 7) is 5.86. The Labute approximate surface area is 122 Å². The first-order chi connectivity index (χ1) is 9.54. The number of anilines is 1. The molecule has 0 N–H and O–H groups in total. The minimum atomic E-state index is -0.145. The predicted octanol–water partition coefficient (Wildman–Crippen LogP) is 2.09. The molecule has 1 atom stereocenters. The minimum Gasteiger partial charge on any atom is -0.377 e. The monoisotopic (exact) mass is 295 g/mol. The number of rotatable bonds is 2. The van der Waals surface area contributed by atoms with Gasteiger partial charge in [-0.3, -0.25) is 0 Å². The highest BCUT2D eigenvalue weighted by Gasteiger charge is 2.33. The van der Waals surface area contributed by atoms with Gasteiger partial charge >= 0.3 is 0 Å². The smallest absolute Gasteiger partial charge is 0.255 e. The summed E-state index contributed by atoms with van der Waals surface area (Å²) in [7, 11) is 1.76. The number of hydrogen-bond acceptors (Lipinski definition) is 5. The normalized spacial score (nSPS) is 23.5. The summed E-state index contributed by atoms with van der Waals surface area (Å²) in [5.74, 6) is 1.49. The molecule has 0 aliphatic carbocycles. The van der Waals surface area contributed by atoms with Crippen LogP contribution in [0, 0.1) is 6.92 Å². The molecule has 108 valence electrons. The Hall–Kier alpha value is -1.40. The second-order valence-electron chi connectivity index (χ2n) is 5.50. The van der Waals surface area contributed by atoms with Gasteiger partial charge in [0.05, 0.1) is 5.60 Å². The molecule has 0 spiro atoms. The fourth-order valence-electron chi connectivity index (χ4n) is 2.81. The van der Waals surface area contributed by atoms with Gasteiger partial charge in [0, 0.05) is 25.8 Å². The summed E-state index contributed by atoms with van der Waals surface area (Å²) in [5.41, 5.74) is 0.776. The Morgan fingerprint density at radius 3 is 3.00 bits per heavy atom. The van der Waals surface area contributed by atoms with Crippen LogP contribution < -0.4 is 4.90 Å². The molecule has 0 aromatic carbocycles. The SMILES string of the molecule is COC1(C)CCCN(c2c(C)c(Cl)nc3ncnn23)C1. The minimum absolute atomic E-state index is 0.145. The summed E-state index contributed by atoms with van der Waals surface area (Å²) in [6.07, 6.45) is 3.62. The Kier molecular flexibility index (Phi) is 3.30. The highest BCUT2D eigenvalue weighted by molar-refractivity contribution is 6.30. The number of methoxy groups -OCH3 is 1. The number of ether oxygens (including phenoxy) is 1. The van der Waals surface area contributed by atoms with Gasteiger partial charge in [-0.05, 0) is 26.7 Å². The lowest BCUT2D eigenvalue weighted by Gasteiger charge is -2.40. The van der Waals surface area contributed by atoms with Crippen molar-refractivity contribution in [1.82, 2.24) is 19.6 Å². The van der Waals surface area contributed by atoms with E-state index in [-0.39, 0.29) is 5.60 Å². The van der Waals surface area contributed by atoms with Crippen molar-refractivity contribution in [3.05, 3.63) is 17.0 Å². The van der Waals surface area contributed by atoms with Crippen LogP contribution in [0.25, 0.3) is 5.78 Å². The molecule has 2 aromatic rings. The maximum absolute atomic E-state index is 6.22. The molecular formula is C13H18ClN5O. The Bertz CT molecular complexity index is 643. The van der Waals surface area contributed by atoms with Gasteiger partial charge in [-0.1, -0.05) is 11.6 Å². The van der Waals surface area contributed by atoms with Crippen molar-refractivity contribution in [2.24, 2.45) is 0 Å². The van der Waals surface area contributed by atoms with Gasteiger partial charge < -0.3 is 9.64 Å². The molecule has 2 aromatic heterocycles. The lowest BCUT2D eigenvalue weighted by Crippen LogP contribution is -2.48. The molecule has 1 aliphatic heterocycles. The van der Waals surface area contributed by atoms with E-state index in [0.29, 0.717) is 10.9 Å². The topological polar surface area (TPSA) is 55.5 Å². The number of piperidine rings is 1. The molecule has 1 aliphatic rings. The third kappa shape index (κ3) is 2.13. The maximum atomic E-state index is 6.22. The second kappa shape index (κ2) is 4.86. The summed E-state index contributed by atoms with van der Waals surface area (Å²) in [5, 5.41) is 4.75. The molecule has 20 heavy (non-hydrogen) atoms. The largest absolute Gasteiger partial charge is 0.377 e. The molecule has 1 fully saturated rings. The molecule has 1 saturated heterocycles. The van der Waals surface area contributed by atoms with Crippen LogP contribution >= 0.6 is 11.6 Å². The first-order valence-corrected chi connectivity index (χ1v) is 7.08. The highest BCUT2D eigenvalue weighted by atomic mass is 35.5. The zero-order valence-electron chi connectivity index (χ0n) is 11.9. The van der Waals surface area contributed by atoms with E-state index < -0.39 is 0 Å². The van der Waals surface area contributed by atoms with Crippen LogP contribution in [0.3, 0.4) is 0 Å². The first-order valence-electron chi connectivity index (χ1n) is 6.70. The number of fused-ring (bicyclic) bond motifs is 1. The summed E-state index contributed by atoms with van der Waals surface area (Å²) in [4.78, 5) is 10.6. The molecule has 0 amide bonds. The quantitative estimate of drug-likeness (QED) is 0.794. The lowest BCUT2D eigenvalue weighted by molar-refractivity contribution is -0.00491. The van der Waals surface area contributed by atoms with Gasteiger partial charge in [-0.15, -0.1) is 0 Å². The number of nitrogens with zero attached hydrogens (tertiary/aromatic N) is 5. The molecule has 0 bridgehead atoms. The molecule has 0 saturated carbocycles. The van der Waals surface area contributed by atoms with Crippen molar-refractivity contribution in [2.75, 3.05) is 25.1 Å². The van der Waals surface area contributed by atoms with Crippen LogP contribution in [0.1, 0.15) is 25.3 Å². The van der Waals surface area contributed by atoms with Crippen molar-refractivity contribution in [3.8, 4) is 0 Å². The molecule has 1 unspecified atom stereocenters. The van der Waals surface area contributed by atoms with E-state index in [1.165, 1.54) is 6.33 Å². The number of hydrogen-bond donors (Lipinski definition) is 0. The third-order valence-corrected chi connectivity index (χ3v) is 4.39. The molecule has 3 heterocycles. The second-order valence-corrected chi connectivity index (χ2v) is 5.86. The van der Waals surface area contributed by atoms with Gasteiger partial charge in [0.1, 0.15) is 17.3 Å². The summed E-state index contributed by atoms with van der Waals surface area (Å²) >= 11 is 6.22. The van der Waals surface area contributed by atoms with E-state index in [0.717, 1.165) is 37.3 Å². The van der Waals surface area contributed by atoms with Crippen molar-refractivity contribution in [2.45, 2.75) is 32.3 Å². The fraction of sp³-hybridized carbons (Fsp3) is 0.615. The summed E-state index contributed by atoms with van der Waals surface area (Å²) in [6, 6.07) is 0. The van der Waals surface area contributed by atoms with Gasteiger partial charge in [0.15, 0.2) is 0 Å². The van der Waals surface area contributed by atoms with E-state index in [4.69, 9.17) is 16.3 Å². The maximum Gasteiger partial charge on any atom is 0.255 e. The number of aromatic nitrogens is 4. The van der Waals surface area contributed by atoms with Crippen LogP contribution in [0.2, 0.25) is 5.15 Å². The van der Waals surface area contributed by atoms with Crippen molar-refractivity contribution >= 4 is 23.2 Å².